The molecule has 0 saturated carbocycles. The van der Waals surface area contributed by atoms with Crippen LogP contribution in [0.15, 0.2) is 17.0 Å². The molecular weight excluding hydrogens is 308 g/mol. The van der Waals surface area contributed by atoms with Crippen molar-refractivity contribution in [3.8, 4) is 0 Å². The number of hydrogen-bond donors (Lipinski definition) is 0. The Bertz CT molecular complexity index is 571. The van der Waals surface area contributed by atoms with Gasteiger partial charge in [0.1, 0.15) is 0 Å². The number of carbonyl (C=O) groups excluding carboxylic acids is 2. The maximum atomic E-state index is 12.1. The zero-order valence-corrected chi connectivity index (χ0v) is 15.9. The summed E-state index contributed by atoms with van der Waals surface area (Å²) in [6, 6.07) is 4.17. The summed E-state index contributed by atoms with van der Waals surface area (Å²) in [5.41, 5.74) is 3.10. The van der Waals surface area contributed by atoms with Gasteiger partial charge in [0, 0.05) is 11.3 Å². The molecule has 0 saturated heterocycles. The third-order valence-corrected chi connectivity index (χ3v) is 4.75. The molecule has 0 N–H and O–H groups in total. The first kappa shape index (κ1) is 19.8. The molecule has 0 aliphatic carbocycles. The Labute approximate surface area is 144 Å². The summed E-state index contributed by atoms with van der Waals surface area (Å²) in [6.45, 7) is 12.6. The van der Waals surface area contributed by atoms with E-state index in [1.54, 1.807) is 6.92 Å². The molecule has 0 heterocycles. The van der Waals surface area contributed by atoms with Gasteiger partial charge in [0.25, 0.3) is 0 Å². The highest BCUT2D eigenvalue weighted by molar-refractivity contribution is 8.13. The van der Waals surface area contributed by atoms with Crippen molar-refractivity contribution in [3.05, 3.63) is 28.8 Å². The van der Waals surface area contributed by atoms with Crippen LogP contribution in [0.2, 0.25) is 0 Å². The number of carbonyl (C=O) groups is 2. The van der Waals surface area contributed by atoms with E-state index in [0.29, 0.717) is 13.0 Å². The first-order chi connectivity index (χ1) is 10.7. The lowest BCUT2D eigenvalue weighted by molar-refractivity contribution is -0.142. The van der Waals surface area contributed by atoms with E-state index in [4.69, 9.17) is 4.74 Å². The number of ether oxygens (including phenoxy) is 1. The number of esters is 1. The van der Waals surface area contributed by atoms with Crippen LogP contribution in [-0.2, 0) is 26.2 Å². The van der Waals surface area contributed by atoms with Gasteiger partial charge >= 0.3 is 5.97 Å². The summed E-state index contributed by atoms with van der Waals surface area (Å²) in [5, 5.41) is 0.143. The van der Waals surface area contributed by atoms with Gasteiger partial charge in [-0.15, -0.1) is 0 Å². The lowest BCUT2D eigenvalue weighted by Gasteiger charge is -2.22. The van der Waals surface area contributed by atoms with Crippen LogP contribution >= 0.6 is 11.8 Å². The van der Waals surface area contributed by atoms with Crippen molar-refractivity contribution < 1.29 is 14.3 Å². The van der Waals surface area contributed by atoms with Crippen LogP contribution in [0.1, 0.15) is 64.2 Å². The molecule has 1 rings (SSSR count). The van der Waals surface area contributed by atoms with Crippen molar-refractivity contribution in [2.24, 2.45) is 0 Å². The van der Waals surface area contributed by atoms with Crippen molar-refractivity contribution in [3.63, 3.8) is 0 Å². The quantitative estimate of drug-likeness (QED) is 0.552. The first-order valence-corrected chi connectivity index (χ1v) is 9.01. The van der Waals surface area contributed by atoms with Crippen molar-refractivity contribution in [1.82, 2.24) is 0 Å². The van der Waals surface area contributed by atoms with E-state index in [0.717, 1.165) is 22.4 Å². The zero-order valence-electron chi connectivity index (χ0n) is 15.1. The average molecular weight is 336 g/mol. The zero-order chi connectivity index (χ0) is 17.6. The summed E-state index contributed by atoms with van der Waals surface area (Å²) in [7, 11) is 0. The van der Waals surface area contributed by atoms with E-state index in [-0.39, 0.29) is 22.9 Å². The number of rotatable bonds is 6. The average Bonchev–Trinajstić information content (AvgIpc) is 2.41. The second kappa shape index (κ2) is 8.53. The van der Waals surface area contributed by atoms with Gasteiger partial charge in [0.2, 0.25) is 0 Å². The molecule has 128 valence electrons. The minimum absolute atomic E-state index is 0.00913. The van der Waals surface area contributed by atoms with Crippen LogP contribution in [0, 0.1) is 6.92 Å². The molecule has 0 spiro atoms. The minimum Gasteiger partial charge on any atom is -0.466 e. The van der Waals surface area contributed by atoms with Crippen molar-refractivity contribution in [2.45, 2.75) is 71.1 Å². The molecule has 4 heteroatoms. The van der Waals surface area contributed by atoms with Crippen LogP contribution in [-0.4, -0.2) is 17.7 Å². The normalized spacial score (nSPS) is 11.4. The fourth-order valence-corrected chi connectivity index (χ4v) is 3.31. The predicted octanol–water partition coefficient (Wildman–Crippen LogP) is 4.82. The molecule has 0 unspecified atom stereocenters. The Kier molecular flexibility index (Phi) is 7.33. The Hall–Kier alpha value is -1.29. The lowest BCUT2D eigenvalue weighted by Crippen LogP contribution is -2.15. The Balaban J connectivity index is 3.24. The van der Waals surface area contributed by atoms with E-state index >= 15 is 0 Å². The van der Waals surface area contributed by atoms with E-state index in [9.17, 15) is 9.59 Å². The minimum atomic E-state index is -0.247. The number of benzene rings is 1. The monoisotopic (exact) mass is 336 g/mol. The summed E-state index contributed by atoms with van der Waals surface area (Å²) in [5.74, 6) is -0.247. The van der Waals surface area contributed by atoms with Crippen molar-refractivity contribution in [1.29, 1.82) is 0 Å². The second-order valence-electron chi connectivity index (χ2n) is 6.74. The molecular formula is C19H28O3S. The number of thioether (sulfide) groups is 1. The summed E-state index contributed by atoms with van der Waals surface area (Å²) in [6.07, 6.45) is 1.59. The predicted molar refractivity (Wildman–Crippen MR) is 96.0 cm³/mol. The Morgan fingerprint density at radius 3 is 2.35 bits per heavy atom. The first-order valence-electron chi connectivity index (χ1n) is 8.19. The summed E-state index contributed by atoms with van der Waals surface area (Å²) < 4.78 is 5.09. The third kappa shape index (κ3) is 6.02. The van der Waals surface area contributed by atoms with E-state index in [1.807, 2.05) is 19.9 Å². The second-order valence-corrected chi connectivity index (χ2v) is 7.80. The molecule has 0 fully saturated rings. The van der Waals surface area contributed by atoms with Gasteiger partial charge in [0.05, 0.1) is 13.0 Å². The fourth-order valence-electron chi connectivity index (χ4n) is 2.29. The fraction of sp³-hybridized carbons (Fsp3) is 0.579. The highest BCUT2D eigenvalue weighted by atomic mass is 32.2. The van der Waals surface area contributed by atoms with Crippen molar-refractivity contribution >= 4 is 22.8 Å². The molecule has 0 atom stereocenters. The Morgan fingerprint density at radius 2 is 1.83 bits per heavy atom. The van der Waals surface area contributed by atoms with Gasteiger partial charge in [-0.1, -0.05) is 51.6 Å². The van der Waals surface area contributed by atoms with Crippen LogP contribution < -0.4 is 0 Å². The van der Waals surface area contributed by atoms with E-state index < -0.39 is 0 Å². The van der Waals surface area contributed by atoms with Gasteiger partial charge < -0.3 is 4.74 Å². The molecule has 3 nitrogen and oxygen atoms in total. The molecule has 1 aromatic carbocycles. The van der Waals surface area contributed by atoms with E-state index in [1.165, 1.54) is 17.3 Å². The van der Waals surface area contributed by atoms with Gasteiger partial charge in [-0.2, -0.15) is 0 Å². The Morgan fingerprint density at radius 1 is 1.17 bits per heavy atom. The highest BCUT2D eigenvalue weighted by Crippen LogP contribution is 2.34. The molecule has 0 aliphatic heterocycles. The molecule has 0 aliphatic rings. The largest absolute Gasteiger partial charge is 0.466 e. The van der Waals surface area contributed by atoms with Gasteiger partial charge in [-0.25, -0.2) is 0 Å². The standard InChI is InChI=1S/C19H28O3S/c1-7-9-17(21)23-18-13(3)10-15(19(4,5)6)11-14(18)12-16(20)22-8-2/h10-11H,7-9,12H2,1-6H3. The van der Waals surface area contributed by atoms with Crippen LogP contribution in [0.4, 0.5) is 0 Å². The SMILES string of the molecule is CCCC(=O)Sc1c(C)cc(C(C)(C)C)cc1CC(=O)OCC. The third-order valence-electron chi connectivity index (χ3n) is 3.53. The van der Waals surface area contributed by atoms with Gasteiger partial charge in [0.15, 0.2) is 5.12 Å². The topological polar surface area (TPSA) is 43.4 Å². The number of hydrogen-bond acceptors (Lipinski definition) is 4. The molecule has 1 aromatic rings. The van der Waals surface area contributed by atoms with Crippen molar-refractivity contribution in [2.75, 3.05) is 6.61 Å². The van der Waals surface area contributed by atoms with E-state index in [2.05, 4.69) is 26.8 Å². The van der Waals surface area contributed by atoms with Crippen LogP contribution in [0.25, 0.3) is 0 Å². The van der Waals surface area contributed by atoms with Gasteiger partial charge in [-0.3, -0.25) is 9.59 Å². The maximum absolute atomic E-state index is 12.1. The molecule has 0 amide bonds. The van der Waals surface area contributed by atoms with Gasteiger partial charge in [-0.05, 0) is 42.4 Å². The molecule has 0 radical (unpaired) electrons. The molecule has 23 heavy (non-hydrogen) atoms. The van der Waals surface area contributed by atoms with Crippen LogP contribution in [0.5, 0.6) is 0 Å². The lowest BCUT2D eigenvalue weighted by atomic mass is 9.85. The highest BCUT2D eigenvalue weighted by Gasteiger charge is 2.20. The summed E-state index contributed by atoms with van der Waals surface area (Å²) in [4.78, 5) is 24.9. The molecule has 0 bridgehead atoms. The number of aryl methyl sites for hydroxylation is 1. The maximum Gasteiger partial charge on any atom is 0.310 e. The molecule has 0 aromatic heterocycles. The summed E-state index contributed by atoms with van der Waals surface area (Å²) >= 11 is 1.25. The van der Waals surface area contributed by atoms with Crippen LogP contribution in [0.3, 0.4) is 0 Å². The smallest absolute Gasteiger partial charge is 0.310 e.